The van der Waals surface area contributed by atoms with Crippen molar-refractivity contribution in [2.75, 3.05) is 13.6 Å². The molecule has 1 saturated carbocycles. The van der Waals surface area contributed by atoms with Gasteiger partial charge in [0.2, 0.25) is 17.6 Å². The molecule has 7 nitrogen and oxygen atoms in total. The molecule has 2 rings (SSSR count). The number of hydrogen-bond donors (Lipinski definition) is 2. The van der Waals surface area contributed by atoms with Crippen LogP contribution in [0.25, 0.3) is 0 Å². The van der Waals surface area contributed by atoms with Crippen LogP contribution in [-0.2, 0) is 14.4 Å². The Kier molecular flexibility index (Phi) is 11.9. The van der Waals surface area contributed by atoms with E-state index in [4.69, 9.17) is 0 Å². The number of hydrogen-bond acceptors (Lipinski definition) is 4. The lowest BCUT2D eigenvalue weighted by atomic mass is 9.84. The third kappa shape index (κ3) is 9.46. The number of benzene rings is 1. The van der Waals surface area contributed by atoms with Crippen LogP contribution in [0.15, 0.2) is 30.3 Å². The summed E-state index contributed by atoms with van der Waals surface area (Å²) in [5.74, 6) is -1.49. The number of unbranched alkanes of at least 4 members (excludes halogenated alkanes) is 1. The van der Waals surface area contributed by atoms with Gasteiger partial charge in [-0.15, -0.1) is 0 Å². The second-order valence-electron chi connectivity index (χ2n) is 10.3. The summed E-state index contributed by atoms with van der Waals surface area (Å²) >= 11 is 0. The summed E-state index contributed by atoms with van der Waals surface area (Å²) < 4.78 is 0. The van der Waals surface area contributed by atoms with Gasteiger partial charge in [0.15, 0.2) is 0 Å². The number of ketones is 1. The van der Waals surface area contributed by atoms with Crippen LogP contribution in [0.5, 0.6) is 0 Å². The minimum atomic E-state index is -0.891. The van der Waals surface area contributed by atoms with Crippen molar-refractivity contribution in [3.8, 4) is 0 Å². The van der Waals surface area contributed by atoms with Crippen LogP contribution < -0.4 is 10.6 Å². The summed E-state index contributed by atoms with van der Waals surface area (Å²) in [5, 5.41) is 5.59. The fourth-order valence-corrected chi connectivity index (χ4v) is 4.67. The Morgan fingerprint density at radius 2 is 1.63 bits per heavy atom. The number of rotatable bonds is 13. The first-order valence-corrected chi connectivity index (χ1v) is 13.2. The molecule has 35 heavy (non-hydrogen) atoms. The van der Waals surface area contributed by atoms with Crippen molar-refractivity contribution >= 4 is 23.5 Å². The summed E-state index contributed by atoms with van der Waals surface area (Å²) in [6.07, 6.45) is 8.51. The monoisotopic (exact) mass is 485 g/mol. The number of nitrogens with zero attached hydrogens (tertiary/aromatic N) is 1. The molecule has 3 amide bonds. The lowest BCUT2D eigenvalue weighted by Crippen LogP contribution is -2.55. The minimum absolute atomic E-state index is 0.0904. The first kappa shape index (κ1) is 28.5. The van der Waals surface area contributed by atoms with Crippen LogP contribution in [0.3, 0.4) is 0 Å². The lowest BCUT2D eigenvalue weighted by Gasteiger charge is -2.31. The normalized spacial score (nSPS) is 15.8. The summed E-state index contributed by atoms with van der Waals surface area (Å²) in [4.78, 5) is 53.6. The first-order chi connectivity index (χ1) is 16.7. The maximum atomic E-state index is 13.4. The predicted molar refractivity (Wildman–Crippen MR) is 138 cm³/mol. The molecule has 0 unspecified atom stereocenters. The van der Waals surface area contributed by atoms with E-state index in [0.29, 0.717) is 25.3 Å². The number of carbonyl (C=O) groups is 4. The van der Waals surface area contributed by atoms with Crippen LogP contribution in [0.2, 0.25) is 0 Å². The maximum Gasteiger partial charge on any atom is 0.293 e. The zero-order chi connectivity index (χ0) is 25.8. The van der Waals surface area contributed by atoms with E-state index in [9.17, 15) is 19.2 Å². The fraction of sp³-hybridized carbons (Fsp3) is 0.643. The molecule has 2 N–H and O–H groups in total. The van der Waals surface area contributed by atoms with Gasteiger partial charge in [0, 0.05) is 19.2 Å². The molecule has 1 aliphatic carbocycles. The van der Waals surface area contributed by atoms with Gasteiger partial charge in [0.25, 0.3) is 5.91 Å². The molecule has 1 aliphatic rings. The Balaban J connectivity index is 2.14. The Morgan fingerprint density at radius 1 is 0.971 bits per heavy atom. The van der Waals surface area contributed by atoms with Crippen molar-refractivity contribution in [3.63, 3.8) is 0 Å². The van der Waals surface area contributed by atoms with E-state index in [1.54, 1.807) is 42.3 Å². The van der Waals surface area contributed by atoms with Gasteiger partial charge in [-0.05, 0) is 31.1 Å². The van der Waals surface area contributed by atoms with E-state index >= 15 is 0 Å². The first-order valence-electron chi connectivity index (χ1n) is 13.2. The largest absolute Gasteiger partial charge is 0.344 e. The summed E-state index contributed by atoms with van der Waals surface area (Å²) in [6.45, 7) is 6.63. The van der Waals surface area contributed by atoms with Crippen molar-refractivity contribution in [2.45, 2.75) is 90.6 Å². The molecule has 194 valence electrons. The number of nitrogens with one attached hydrogen (secondary N) is 2. The van der Waals surface area contributed by atoms with Gasteiger partial charge >= 0.3 is 0 Å². The van der Waals surface area contributed by atoms with Crippen LogP contribution in [0, 0.1) is 11.8 Å². The van der Waals surface area contributed by atoms with Gasteiger partial charge in [-0.25, -0.2) is 0 Å². The third-order valence-corrected chi connectivity index (χ3v) is 6.70. The fourth-order valence-electron chi connectivity index (χ4n) is 4.67. The SMILES string of the molecule is CCCCN(C)C(=O)[C@H](CC1CCCCC1)NC(=O)[C@H](CC(C)C)NC(=O)C(=O)c1ccccc1. The Bertz CT molecular complexity index is 834. The number of likely N-dealkylation sites (N-methyl/N-ethyl adjacent to an activating group) is 1. The van der Waals surface area contributed by atoms with Gasteiger partial charge in [0.05, 0.1) is 0 Å². The molecule has 0 spiro atoms. The van der Waals surface area contributed by atoms with Crippen molar-refractivity contribution in [1.29, 1.82) is 0 Å². The molecule has 0 saturated heterocycles. The van der Waals surface area contributed by atoms with Crippen LogP contribution >= 0.6 is 0 Å². The van der Waals surface area contributed by atoms with Gasteiger partial charge in [-0.2, -0.15) is 0 Å². The van der Waals surface area contributed by atoms with Crippen LogP contribution in [0.1, 0.15) is 88.9 Å². The van der Waals surface area contributed by atoms with Crippen molar-refractivity contribution in [3.05, 3.63) is 35.9 Å². The van der Waals surface area contributed by atoms with E-state index < -0.39 is 29.7 Å². The predicted octanol–water partition coefficient (Wildman–Crippen LogP) is 4.11. The zero-order valence-electron chi connectivity index (χ0n) is 21.8. The van der Waals surface area contributed by atoms with Crippen LogP contribution in [-0.4, -0.2) is 54.1 Å². The highest BCUT2D eigenvalue weighted by atomic mass is 16.2. The van der Waals surface area contributed by atoms with E-state index in [0.717, 1.165) is 38.5 Å². The van der Waals surface area contributed by atoms with Crippen molar-refractivity contribution in [2.24, 2.45) is 11.8 Å². The van der Waals surface area contributed by atoms with E-state index in [1.165, 1.54) is 6.42 Å². The highest BCUT2D eigenvalue weighted by Gasteiger charge is 2.32. The molecule has 2 atom stereocenters. The molecule has 1 aromatic rings. The van der Waals surface area contributed by atoms with Gasteiger partial charge in [-0.1, -0.05) is 89.6 Å². The van der Waals surface area contributed by atoms with Gasteiger partial charge < -0.3 is 15.5 Å². The second-order valence-corrected chi connectivity index (χ2v) is 10.3. The van der Waals surface area contributed by atoms with Gasteiger partial charge in [-0.3, -0.25) is 19.2 Å². The average Bonchev–Trinajstić information content (AvgIpc) is 2.86. The standard InChI is InChI=1S/C28H43N3O4/c1-5-6-17-31(4)28(35)24(19-21-13-9-7-10-14-21)30-26(33)23(18-20(2)3)29-27(34)25(32)22-15-11-8-12-16-22/h8,11-12,15-16,20-21,23-24H,5-7,9-10,13-14,17-19H2,1-4H3,(H,29,34)(H,30,33)/t23-,24-/m0/s1. The molecule has 0 aliphatic heterocycles. The maximum absolute atomic E-state index is 13.4. The highest BCUT2D eigenvalue weighted by molar-refractivity contribution is 6.43. The third-order valence-electron chi connectivity index (χ3n) is 6.70. The highest BCUT2D eigenvalue weighted by Crippen LogP contribution is 2.28. The molecule has 0 radical (unpaired) electrons. The molecule has 0 bridgehead atoms. The van der Waals surface area contributed by atoms with Crippen LogP contribution in [0.4, 0.5) is 0 Å². The second kappa shape index (κ2) is 14.6. The smallest absolute Gasteiger partial charge is 0.293 e. The van der Waals surface area contributed by atoms with E-state index in [2.05, 4.69) is 17.6 Å². The Labute approximate surface area is 210 Å². The average molecular weight is 486 g/mol. The minimum Gasteiger partial charge on any atom is -0.344 e. The summed E-state index contributed by atoms with van der Waals surface area (Å²) in [5.41, 5.74) is 0.275. The van der Waals surface area contributed by atoms with E-state index in [1.807, 2.05) is 13.8 Å². The quantitative estimate of drug-likeness (QED) is 0.325. The topological polar surface area (TPSA) is 95.6 Å². The van der Waals surface area contributed by atoms with Gasteiger partial charge in [0.1, 0.15) is 12.1 Å². The lowest BCUT2D eigenvalue weighted by molar-refractivity contribution is -0.137. The molecule has 0 heterocycles. The van der Waals surface area contributed by atoms with Crippen molar-refractivity contribution < 1.29 is 19.2 Å². The van der Waals surface area contributed by atoms with Crippen molar-refractivity contribution in [1.82, 2.24) is 15.5 Å². The molecule has 1 aromatic carbocycles. The Morgan fingerprint density at radius 3 is 2.23 bits per heavy atom. The number of amides is 3. The molecule has 7 heteroatoms. The molecular weight excluding hydrogens is 442 g/mol. The molecule has 1 fully saturated rings. The number of Topliss-reactive ketones (excluding diaryl/α,β-unsaturated/α-hetero) is 1. The Hall–Kier alpha value is -2.70. The van der Waals surface area contributed by atoms with E-state index in [-0.39, 0.29) is 17.4 Å². The summed E-state index contributed by atoms with van der Waals surface area (Å²) in [6, 6.07) is 6.77. The molecular formula is C28H43N3O4. The number of carbonyl (C=O) groups excluding carboxylic acids is 4. The zero-order valence-corrected chi connectivity index (χ0v) is 21.8. The summed E-state index contributed by atoms with van der Waals surface area (Å²) in [7, 11) is 1.78. The molecule has 0 aromatic heterocycles.